The van der Waals surface area contributed by atoms with Crippen LogP contribution in [0.2, 0.25) is 0 Å². The van der Waals surface area contributed by atoms with Crippen LogP contribution in [0.25, 0.3) is 21.7 Å². The molecular weight excluding hydrogens is 428 g/mol. The van der Waals surface area contributed by atoms with Crippen LogP contribution in [0.3, 0.4) is 0 Å². The van der Waals surface area contributed by atoms with E-state index < -0.39 is 6.55 Å². The van der Waals surface area contributed by atoms with E-state index in [-0.39, 0.29) is 11.9 Å². The summed E-state index contributed by atoms with van der Waals surface area (Å²) in [4.78, 5) is 5.44. The van der Waals surface area contributed by atoms with E-state index in [1.165, 1.54) is 11.8 Å². The molecule has 0 amide bonds. The Morgan fingerprint density at radius 1 is 1.20 bits per heavy atom. The van der Waals surface area contributed by atoms with Crippen molar-refractivity contribution in [2.24, 2.45) is 0 Å². The fourth-order valence-corrected chi connectivity index (χ4v) is 5.28. The van der Waals surface area contributed by atoms with E-state index in [4.69, 9.17) is 4.74 Å². The van der Waals surface area contributed by atoms with Crippen molar-refractivity contribution in [3.63, 3.8) is 0 Å². The largest absolute Gasteiger partial charge is 0.376 e. The molecule has 30 heavy (non-hydrogen) atoms. The molecule has 1 atom stereocenters. The Hall–Kier alpha value is -2.30. The van der Waals surface area contributed by atoms with Gasteiger partial charge in [-0.05, 0) is 36.4 Å². The van der Waals surface area contributed by atoms with E-state index in [0.717, 1.165) is 34.7 Å². The highest BCUT2D eigenvalue weighted by Crippen LogP contribution is 2.32. The summed E-state index contributed by atoms with van der Waals surface area (Å²) in [6, 6.07) is 10.9. The number of para-hydroxylation sites is 2. The van der Waals surface area contributed by atoms with Crippen molar-refractivity contribution in [3.05, 3.63) is 47.6 Å². The van der Waals surface area contributed by atoms with E-state index in [9.17, 15) is 8.78 Å². The van der Waals surface area contributed by atoms with Crippen LogP contribution in [0.4, 0.5) is 8.78 Å². The number of thioether (sulfide) groups is 1. The minimum atomic E-state index is -2.65. The maximum atomic E-state index is 13.7. The number of benzene rings is 1. The zero-order valence-corrected chi connectivity index (χ0v) is 17.6. The molecule has 3 aromatic heterocycles. The predicted octanol–water partition coefficient (Wildman–Crippen LogP) is 5.22. The molecule has 0 bridgehead atoms. The Morgan fingerprint density at radius 2 is 2.10 bits per heavy atom. The highest BCUT2D eigenvalue weighted by atomic mass is 32.2. The molecule has 6 nitrogen and oxygen atoms in total. The Labute approximate surface area is 179 Å². The predicted molar refractivity (Wildman–Crippen MR) is 113 cm³/mol. The number of thiophene rings is 1. The Bertz CT molecular complexity index is 1140. The van der Waals surface area contributed by atoms with Gasteiger partial charge in [0.05, 0.1) is 34.3 Å². The van der Waals surface area contributed by atoms with E-state index >= 15 is 0 Å². The summed E-state index contributed by atoms with van der Waals surface area (Å²) in [5.41, 5.74) is 0.997. The highest BCUT2D eigenvalue weighted by molar-refractivity contribution is 7.98. The molecule has 0 saturated carbocycles. The van der Waals surface area contributed by atoms with E-state index in [1.54, 1.807) is 35.6 Å². The van der Waals surface area contributed by atoms with E-state index in [0.29, 0.717) is 28.6 Å². The monoisotopic (exact) mass is 447 g/mol. The van der Waals surface area contributed by atoms with Crippen LogP contribution < -0.4 is 0 Å². The number of halogens is 2. The molecule has 0 spiro atoms. The maximum Gasteiger partial charge on any atom is 0.320 e. The van der Waals surface area contributed by atoms with Crippen molar-refractivity contribution in [2.45, 2.75) is 42.9 Å². The van der Waals surface area contributed by atoms with Gasteiger partial charge in [0.2, 0.25) is 0 Å². The molecule has 5 rings (SSSR count). The third-order valence-electron chi connectivity index (χ3n) is 5.06. The van der Waals surface area contributed by atoms with Crippen LogP contribution in [-0.4, -0.2) is 37.0 Å². The van der Waals surface area contributed by atoms with Gasteiger partial charge in [-0.1, -0.05) is 30.0 Å². The van der Waals surface area contributed by atoms with Gasteiger partial charge < -0.3 is 4.74 Å². The van der Waals surface area contributed by atoms with Gasteiger partial charge in [0.1, 0.15) is 5.82 Å². The van der Waals surface area contributed by atoms with Gasteiger partial charge in [0.25, 0.3) is 0 Å². The van der Waals surface area contributed by atoms with E-state index in [2.05, 4.69) is 15.2 Å². The lowest BCUT2D eigenvalue weighted by Gasteiger charge is -2.14. The molecule has 0 aliphatic carbocycles. The van der Waals surface area contributed by atoms with Gasteiger partial charge in [-0.15, -0.1) is 21.5 Å². The summed E-state index contributed by atoms with van der Waals surface area (Å²) in [5.74, 6) is 1.37. The number of aromatic nitrogens is 5. The third-order valence-corrected chi connectivity index (χ3v) is 6.89. The van der Waals surface area contributed by atoms with Gasteiger partial charge in [-0.2, -0.15) is 8.78 Å². The molecule has 4 aromatic rings. The molecule has 1 aliphatic rings. The molecule has 1 saturated heterocycles. The molecule has 1 aromatic carbocycles. The lowest BCUT2D eigenvalue weighted by Crippen LogP contribution is -2.16. The smallest absolute Gasteiger partial charge is 0.320 e. The Kier molecular flexibility index (Phi) is 5.53. The lowest BCUT2D eigenvalue weighted by atomic mass is 10.2. The molecule has 1 aliphatic heterocycles. The van der Waals surface area contributed by atoms with Crippen LogP contribution in [0, 0.1) is 0 Å². The molecular formula is C20H19F2N5OS2. The second-order valence-electron chi connectivity index (χ2n) is 6.98. The van der Waals surface area contributed by atoms with Gasteiger partial charge >= 0.3 is 6.55 Å². The highest BCUT2D eigenvalue weighted by Gasteiger charge is 2.23. The van der Waals surface area contributed by atoms with Crippen molar-refractivity contribution < 1.29 is 13.5 Å². The number of rotatable bonds is 7. The first-order valence-corrected chi connectivity index (χ1v) is 11.5. The molecule has 4 heterocycles. The number of hydrogen-bond acceptors (Lipinski definition) is 6. The average molecular weight is 448 g/mol. The van der Waals surface area contributed by atoms with Crippen molar-refractivity contribution in [3.8, 4) is 10.7 Å². The van der Waals surface area contributed by atoms with Crippen LogP contribution in [0.1, 0.15) is 25.2 Å². The first-order valence-electron chi connectivity index (χ1n) is 9.66. The van der Waals surface area contributed by atoms with Gasteiger partial charge in [0, 0.05) is 6.61 Å². The zero-order valence-electron chi connectivity index (χ0n) is 15.9. The molecule has 1 fully saturated rings. The first-order chi connectivity index (χ1) is 14.7. The minimum Gasteiger partial charge on any atom is -0.376 e. The second kappa shape index (κ2) is 8.44. The topological polar surface area (TPSA) is 57.8 Å². The molecule has 0 N–H and O–H groups in total. The summed E-state index contributed by atoms with van der Waals surface area (Å²) in [5, 5.41) is 11.4. The van der Waals surface area contributed by atoms with Crippen LogP contribution in [-0.2, 0) is 17.0 Å². The Balaban J connectivity index is 1.45. The molecule has 156 valence electrons. The SMILES string of the molecule is FC(F)n1c(CSc2nnc(-c3cccs3)n2CC2CCCO2)nc2ccccc21. The number of ether oxygens (including phenoxy) is 1. The fraction of sp³-hybridized carbons (Fsp3) is 0.350. The minimum absolute atomic E-state index is 0.115. The summed E-state index contributed by atoms with van der Waals surface area (Å²) >= 11 is 2.97. The number of imidazole rings is 1. The quantitative estimate of drug-likeness (QED) is 0.364. The van der Waals surface area contributed by atoms with Crippen LogP contribution >= 0.6 is 23.1 Å². The van der Waals surface area contributed by atoms with Crippen LogP contribution in [0.15, 0.2) is 46.9 Å². The standard InChI is InChI=1S/C20H19F2N5OS2/c21-19(22)27-15-7-2-1-6-14(15)23-17(27)12-30-20-25-24-18(16-8-4-10-29-16)26(20)11-13-5-3-9-28-13/h1-2,4,6-8,10,13,19H,3,5,9,11-12H2. The summed E-state index contributed by atoms with van der Waals surface area (Å²) in [6.07, 6.45) is 2.15. The molecule has 0 radical (unpaired) electrons. The second-order valence-corrected chi connectivity index (χ2v) is 8.87. The lowest BCUT2D eigenvalue weighted by molar-refractivity contribution is 0.0722. The third kappa shape index (κ3) is 3.75. The number of nitrogens with zero attached hydrogens (tertiary/aromatic N) is 5. The average Bonchev–Trinajstić information content (AvgIpc) is 3.52. The molecule has 10 heteroatoms. The first kappa shape index (κ1) is 19.7. The van der Waals surface area contributed by atoms with Crippen molar-refractivity contribution >= 4 is 34.1 Å². The van der Waals surface area contributed by atoms with Gasteiger partial charge in [0.15, 0.2) is 11.0 Å². The number of hydrogen-bond donors (Lipinski definition) is 0. The molecule has 1 unspecified atom stereocenters. The zero-order chi connectivity index (χ0) is 20.5. The van der Waals surface area contributed by atoms with Gasteiger partial charge in [-0.25, -0.2) is 4.98 Å². The van der Waals surface area contributed by atoms with Gasteiger partial charge in [-0.3, -0.25) is 9.13 Å². The Morgan fingerprint density at radius 3 is 2.87 bits per heavy atom. The maximum absolute atomic E-state index is 13.7. The summed E-state index contributed by atoms with van der Waals surface area (Å²) < 4.78 is 36.3. The summed E-state index contributed by atoms with van der Waals surface area (Å²) in [7, 11) is 0. The van der Waals surface area contributed by atoms with Crippen molar-refractivity contribution in [1.82, 2.24) is 24.3 Å². The van der Waals surface area contributed by atoms with Crippen molar-refractivity contribution in [1.29, 1.82) is 0 Å². The fourth-order valence-electron chi connectivity index (χ4n) is 3.68. The summed E-state index contributed by atoms with van der Waals surface area (Å²) in [6.45, 7) is -1.24. The number of alkyl halides is 2. The normalized spacial score (nSPS) is 16.8. The van der Waals surface area contributed by atoms with Crippen LogP contribution in [0.5, 0.6) is 0 Å². The number of fused-ring (bicyclic) bond motifs is 1. The van der Waals surface area contributed by atoms with Crippen molar-refractivity contribution in [2.75, 3.05) is 6.61 Å². The van der Waals surface area contributed by atoms with E-state index in [1.807, 2.05) is 22.1 Å².